The van der Waals surface area contributed by atoms with E-state index in [1.165, 1.54) is 17.5 Å². The largest absolute Gasteiger partial charge is 0.389 e. The van der Waals surface area contributed by atoms with Gasteiger partial charge < -0.3 is 14.7 Å². The highest BCUT2D eigenvalue weighted by atomic mass is 16.7. The van der Waals surface area contributed by atoms with Crippen LogP contribution in [0.3, 0.4) is 0 Å². The minimum Gasteiger partial charge on any atom is -0.389 e. The molecule has 3 rings (SSSR count). The molecular weight excluding hydrogens is 404 g/mol. The number of likely N-dealkylation sites (tertiary alicyclic amines) is 1. The van der Waals surface area contributed by atoms with Gasteiger partial charge in [-0.25, -0.2) is 0 Å². The molecule has 0 aromatic heterocycles. The number of aliphatic hydroxyl groups is 1. The van der Waals surface area contributed by atoms with E-state index in [1.807, 2.05) is 31.2 Å². The molecule has 6 nitrogen and oxygen atoms in total. The van der Waals surface area contributed by atoms with Crippen LogP contribution in [-0.4, -0.2) is 47.8 Å². The van der Waals surface area contributed by atoms with Gasteiger partial charge in [-0.1, -0.05) is 54.1 Å². The topological polar surface area (TPSA) is 85.0 Å². The van der Waals surface area contributed by atoms with E-state index >= 15 is 0 Å². The number of β-amino-alcohol motifs (C(OH)–C–C–N with tert-alkyl or cyclic N) is 1. The number of hydrogen-bond acceptors (Lipinski definition) is 6. The van der Waals surface area contributed by atoms with Crippen molar-refractivity contribution < 1.29 is 19.5 Å². The molecule has 0 radical (unpaired) electrons. The van der Waals surface area contributed by atoms with Crippen LogP contribution in [-0.2, 0) is 27.2 Å². The van der Waals surface area contributed by atoms with Crippen LogP contribution in [0.25, 0.3) is 0 Å². The number of ether oxygens (including phenoxy) is 1. The Morgan fingerprint density at radius 1 is 1.22 bits per heavy atom. The maximum Gasteiger partial charge on any atom is 0.324 e. The molecule has 3 atom stereocenters. The summed E-state index contributed by atoms with van der Waals surface area (Å²) in [5.74, 6) is 4.50. The smallest absolute Gasteiger partial charge is 0.324 e. The molecule has 0 amide bonds. The molecule has 1 saturated heterocycles. The molecule has 1 heterocycles. The molecule has 1 aliphatic heterocycles. The summed E-state index contributed by atoms with van der Waals surface area (Å²) < 4.78 is 6.02. The molecule has 2 aromatic rings. The fraction of sp³-hybridized carbons (Fsp3) is 0.500. The zero-order chi connectivity index (χ0) is 22.9. The lowest BCUT2D eigenvalue weighted by molar-refractivity contribution is -0.144. The third-order valence-corrected chi connectivity index (χ3v) is 6.30. The number of aryl methyl sites for hydroxylation is 2. The molecular formula is C26H36N2O4. The van der Waals surface area contributed by atoms with Crippen LogP contribution in [0.15, 0.2) is 48.5 Å². The number of nitrogens with two attached hydrogens (primary N) is 1. The zero-order valence-electron chi connectivity index (χ0n) is 19.2. The van der Waals surface area contributed by atoms with Crippen molar-refractivity contribution in [1.29, 1.82) is 0 Å². The lowest BCUT2D eigenvalue weighted by Gasteiger charge is -2.27. The summed E-state index contributed by atoms with van der Waals surface area (Å²) in [6.45, 7) is 5.99. The van der Waals surface area contributed by atoms with E-state index < -0.39 is 12.1 Å². The van der Waals surface area contributed by atoms with E-state index in [4.69, 9.17) is 10.6 Å². The Bertz CT molecular complexity index is 855. The highest BCUT2D eigenvalue weighted by molar-refractivity contribution is 5.69. The van der Waals surface area contributed by atoms with Crippen LogP contribution in [0.1, 0.15) is 54.5 Å². The molecule has 6 heteroatoms. The second-order valence-corrected chi connectivity index (χ2v) is 8.80. The van der Waals surface area contributed by atoms with E-state index in [0.29, 0.717) is 19.0 Å². The van der Waals surface area contributed by atoms with Crippen molar-refractivity contribution in [3.8, 4) is 0 Å². The summed E-state index contributed by atoms with van der Waals surface area (Å²) in [7, 11) is 0. The van der Waals surface area contributed by atoms with E-state index in [0.717, 1.165) is 30.5 Å². The number of aliphatic hydroxyl groups excluding tert-OH is 1. The van der Waals surface area contributed by atoms with Gasteiger partial charge in [0, 0.05) is 12.6 Å². The third-order valence-electron chi connectivity index (χ3n) is 6.30. The van der Waals surface area contributed by atoms with Gasteiger partial charge in [-0.3, -0.25) is 9.69 Å². The number of rotatable bonds is 11. The highest BCUT2D eigenvalue weighted by Gasteiger charge is 2.26. The molecule has 0 saturated carbocycles. The SMILES string of the molecule is Cc1ccc(C[C@@H]2CCCN2C[C@@H](O)CO[C@H](C)c2ccccc2CCC(=O)ON)cc1. The first-order valence-corrected chi connectivity index (χ1v) is 11.5. The zero-order valence-corrected chi connectivity index (χ0v) is 19.2. The monoisotopic (exact) mass is 440 g/mol. The first-order valence-electron chi connectivity index (χ1n) is 11.5. The summed E-state index contributed by atoms with van der Waals surface area (Å²) in [4.78, 5) is 18.0. The van der Waals surface area contributed by atoms with Gasteiger partial charge in [0.1, 0.15) is 0 Å². The van der Waals surface area contributed by atoms with Gasteiger partial charge in [0.15, 0.2) is 0 Å². The van der Waals surface area contributed by atoms with Crippen molar-refractivity contribution in [2.75, 3.05) is 19.7 Å². The van der Waals surface area contributed by atoms with Gasteiger partial charge in [0.25, 0.3) is 0 Å². The molecule has 3 N–H and O–H groups in total. The first-order chi connectivity index (χ1) is 15.5. The summed E-state index contributed by atoms with van der Waals surface area (Å²) in [5.41, 5.74) is 4.67. The number of carbonyl (C=O) groups excluding carboxylic acids is 1. The van der Waals surface area contributed by atoms with Crippen LogP contribution in [0.4, 0.5) is 0 Å². The van der Waals surface area contributed by atoms with Crippen molar-refractivity contribution in [3.05, 3.63) is 70.8 Å². The second-order valence-electron chi connectivity index (χ2n) is 8.80. The molecule has 0 spiro atoms. The Morgan fingerprint density at radius 3 is 2.72 bits per heavy atom. The standard InChI is InChI=1S/C26H36N2O4/c1-19-9-11-21(12-10-19)16-23-7-5-15-28(23)17-24(29)18-31-20(2)25-8-4-3-6-22(25)13-14-26(30)32-27/h3-4,6,8-12,20,23-24,29H,5,7,13-18,27H2,1-2H3/t20-,23+,24-/m1/s1. The minimum atomic E-state index is -0.546. The average molecular weight is 441 g/mol. The van der Waals surface area contributed by atoms with Gasteiger partial charge in [0.2, 0.25) is 0 Å². The second kappa shape index (κ2) is 12.1. The Morgan fingerprint density at radius 2 is 1.97 bits per heavy atom. The maximum absolute atomic E-state index is 11.4. The predicted molar refractivity (Wildman–Crippen MR) is 125 cm³/mol. The third kappa shape index (κ3) is 7.14. The normalized spacial score (nSPS) is 18.4. The van der Waals surface area contributed by atoms with Gasteiger partial charge >= 0.3 is 5.97 Å². The van der Waals surface area contributed by atoms with Gasteiger partial charge in [-0.15, -0.1) is 0 Å². The van der Waals surface area contributed by atoms with Gasteiger partial charge in [-0.2, -0.15) is 5.90 Å². The molecule has 0 bridgehead atoms. The van der Waals surface area contributed by atoms with Crippen molar-refractivity contribution in [3.63, 3.8) is 0 Å². The van der Waals surface area contributed by atoms with Crippen molar-refractivity contribution in [2.24, 2.45) is 5.90 Å². The molecule has 0 aliphatic carbocycles. The summed E-state index contributed by atoms with van der Waals surface area (Å²) in [6.07, 6.45) is 3.38. The molecule has 0 unspecified atom stereocenters. The van der Waals surface area contributed by atoms with Crippen LogP contribution in [0.5, 0.6) is 0 Å². The number of benzene rings is 2. The lowest BCUT2D eigenvalue weighted by atomic mass is 9.99. The Hall–Kier alpha value is -2.25. The number of carbonyl (C=O) groups is 1. The van der Waals surface area contributed by atoms with Gasteiger partial charge in [0.05, 0.1) is 25.2 Å². The highest BCUT2D eigenvalue weighted by Crippen LogP contribution is 2.24. The number of nitrogens with zero attached hydrogens (tertiary/aromatic N) is 1. The maximum atomic E-state index is 11.4. The molecule has 32 heavy (non-hydrogen) atoms. The summed E-state index contributed by atoms with van der Waals surface area (Å²) >= 11 is 0. The van der Waals surface area contributed by atoms with E-state index in [1.54, 1.807) is 0 Å². The number of hydrogen-bond donors (Lipinski definition) is 2. The molecule has 1 aliphatic rings. The quantitative estimate of drug-likeness (QED) is 0.521. The Labute approximate surface area is 191 Å². The van der Waals surface area contributed by atoms with Crippen LogP contribution < -0.4 is 5.90 Å². The summed E-state index contributed by atoms with van der Waals surface area (Å²) in [6, 6.07) is 17.1. The van der Waals surface area contributed by atoms with Crippen LogP contribution >= 0.6 is 0 Å². The van der Waals surface area contributed by atoms with E-state index in [-0.39, 0.29) is 19.1 Å². The Kier molecular flexibility index (Phi) is 9.23. The van der Waals surface area contributed by atoms with E-state index in [2.05, 4.69) is 40.9 Å². The summed E-state index contributed by atoms with van der Waals surface area (Å²) in [5, 5.41) is 10.7. The molecule has 1 fully saturated rings. The Balaban J connectivity index is 1.49. The van der Waals surface area contributed by atoms with Crippen LogP contribution in [0, 0.1) is 6.92 Å². The van der Waals surface area contributed by atoms with Crippen molar-refractivity contribution >= 4 is 5.97 Å². The minimum absolute atomic E-state index is 0.184. The fourth-order valence-corrected chi connectivity index (χ4v) is 4.49. The molecule has 174 valence electrons. The van der Waals surface area contributed by atoms with E-state index in [9.17, 15) is 9.90 Å². The first kappa shape index (κ1) is 24.4. The van der Waals surface area contributed by atoms with Crippen LogP contribution in [0.2, 0.25) is 0 Å². The average Bonchev–Trinajstić information content (AvgIpc) is 3.23. The van der Waals surface area contributed by atoms with Crippen molar-refractivity contribution in [2.45, 2.75) is 64.2 Å². The fourth-order valence-electron chi connectivity index (χ4n) is 4.49. The van der Waals surface area contributed by atoms with Crippen molar-refractivity contribution in [1.82, 2.24) is 4.90 Å². The lowest BCUT2D eigenvalue weighted by Crippen LogP contribution is -2.39. The predicted octanol–water partition coefficient (Wildman–Crippen LogP) is 3.49. The molecule has 2 aromatic carbocycles. The van der Waals surface area contributed by atoms with Gasteiger partial charge in [-0.05, 0) is 62.8 Å².